The lowest BCUT2D eigenvalue weighted by Crippen LogP contribution is -2.30. The van der Waals surface area contributed by atoms with E-state index in [1.54, 1.807) is 30.2 Å². The van der Waals surface area contributed by atoms with E-state index < -0.39 is 0 Å². The quantitative estimate of drug-likeness (QED) is 0.305. The number of aromatic nitrogens is 4. The predicted molar refractivity (Wildman–Crippen MR) is 134 cm³/mol. The molecular formula is C25H27N5OS2. The van der Waals surface area contributed by atoms with Crippen molar-refractivity contribution in [3.05, 3.63) is 71.5 Å². The lowest BCUT2D eigenvalue weighted by Gasteiger charge is -2.26. The van der Waals surface area contributed by atoms with Gasteiger partial charge in [-0.2, -0.15) is 0 Å². The number of methoxy groups -OCH3 is 1. The minimum Gasteiger partial charge on any atom is -0.497 e. The van der Waals surface area contributed by atoms with Crippen molar-refractivity contribution in [1.29, 1.82) is 0 Å². The van der Waals surface area contributed by atoms with Crippen LogP contribution < -0.4 is 4.74 Å². The Labute approximate surface area is 202 Å². The molecule has 8 heteroatoms. The summed E-state index contributed by atoms with van der Waals surface area (Å²) in [5.41, 5.74) is 3.22. The Balaban J connectivity index is 1.34. The fraction of sp³-hybridized carbons (Fsp3) is 0.320. The van der Waals surface area contributed by atoms with E-state index in [0.717, 1.165) is 64.1 Å². The highest BCUT2D eigenvalue weighted by molar-refractivity contribution is 7.98. The van der Waals surface area contributed by atoms with Crippen LogP contribution >= 0.6 is 23.1 Å². The molecule has 170 valence electrons. The summed E-state index contributed by atoms with van der Waals surface area (Å²) in [6.07, 6.45) is 3.86. The molecule has 1 fully saturated rings. The standard InChI is InChI=1S/C25H27N5OS2/c1-31-22-12-8-9-19(15-22)24-26-20(17-32-24)18-33-25-28-27-23(16-29-13-6-3-7-14-29)30(25)21-10-4-2-5-11-21/h2,4-5,8-12,15,17H,3,6-7,13-14,16,18H2,1H3. The molecule has 2 aromatic carbocycles. The van der Waals surface area contributed by atoms with Gasteiger partial charge in [0, 0.05) is 22.4 Å². The zero-order chi connectivity index (χ0) is 22.5. The second-order valence-corrected chi connectivity index (χ2v) is 9.87. The Hall–Kier alpha value is -2.68. The fourth-order valence-corrected chi connectivity index (χ4v) is 5.84. The summed E-state index contributed by atoms with van der Waals surface area (Å²) < 4.78 is 7.55. The van der Waals surface area contributed by atoms with Gasteiger partial charge in [0.1, 0.15) is 10.8 Å². The van der Waals surface area contributed by atoms with Crippen LogP contribution in [0.15, 0.2) is 65.1 Å². The predicted octanol–water partition coefficient (Wildman–Crippen LogP) is 5.68. The van der Waals surface area contributed by atoms with Crippen molar-refractivity contribution >= 4 is 23.1 Å². The zero-order valence-corrected chi connectivity index (χ0v) is 20.3. The molecule has 0 radical (unpaired) electrons. The van der Waals surface area contributed by atoms with Gasteiger partial charge >= 0.3 is 0 Å². The first-order valence-electron chi connectivity index (χ1n) is 11.2. The van der Waals surface area contributed by atoms with Gasteiger partial charge in [-0.3, -0.25) is 9.47 Å². The van der Waals surface area contributed by atoms with E-state index in [-0.39, 0.29) is 0 Å². The van der Waals surface area contributed by atoms with Crippen LogP contribution in [0, 0.1) is 0 Å². The molecule has 0 unspecified atom stereocenters. The molecule has 5 rings (SSSR count). The van der Waals surface area contributed by atoms with E-state index in [2.05, 4.69) is 55.4 Å². The highest BCUT2D eigenvalue weighted by atomic mass is 32.2. The number of likely N-dealkylation sites (tertiary alicyclic amines) is 1. The van der Waals surface area contributed by atoms with Crippen LogP contribution in [-0.2, 0) is 12.3 Å². The molecular weight excluding hydrogens is 450 g/mol. The molecule has 0 spiro atoms. The third kappa shape index (κ3) is 5.29. The van der Waals surface area contributed by atoms with Crippen molar-refractivity contribution in [2.24, 2.45) is 0 Å². The van der Waals surface area contributed by atoms with Crippen molar-refractivity contribution in [2.45, 2.75) is 36.7 Å². The maximum atomic E-state index is 5.35. The smallest absolute Gasteiger partial charge is 0.196 e. The Morgan fingerprint density at radius 1 is 1.00 bits per heavy atom. The lowest BCUT2D eigenvalue weighted by molar-refractivity contribution is 0.214. The number of piperidine rings is 1. The summed E-state index contributed by atoms with van der Waals surface area (Å²) in [5.74, 6) is 2.59. The Morgan fingerprint density at radius 3 is 2.67 bits per heavy atom. The number of thiazole rings is 1. The fourth-order valence-electron chi connectivity index (χ4n) is 4.05. The van der Waals surface area contributed by atoms with Crippen molar-refractivity contribution < 1.29 is 4.74 Å². The highest BCUT2D eigenvalue weighted by Gasteiger charge is 2.19. The second kappa shape index (κ2) is 10.5. The maximum absolute atomic E-state index is 5.35. The maximum Gasteiger partial charge on any atom is 0.196 e. The van der Waals surface area contributed by atoms with Crippen molar-refractivity contribution in [3.63, 3.8) is 0 Å². The highest BCUT2D eigenvalue weighted by Crippen LogP contribution is 2.30. The summed E-state index contributed by atoms with van der Waals surface area (Å²) in [5, 5.41) is 13.2. The van der Waals surface area contributed by atoms with Crippen LogP contribution in [0.2, 0.25) is 0 Å². The van der Waals surface area contributed by atoms with Crippen LogP contribution in [0.1, 0.15) is 30.8 Å². The number of thioether (sulfide) groups is 1. The third-order valence-corrected chi connectivity index (χ3v) is 7.65. The zero-order valence-electron chi connectivity index (χ0n) is 18.7. The molecule has 0 bridgehead atoms. The van der Waals surface area contributed by atoms with Gasteiger partial charge in [0.15, 0.2) is 11.0 Å². The van der Waals surface area contributed by atoms with Gasteiger partial charge < -0.3 is 4.74 Å². The van der Waals surface area contributed by atoms with Crippen LogP contribution in [0.3, 0.4) is 0 Å². The van der Waals surface area contributed by atoms with Crippen LogP contribution in [-0.4, -0.2) is 44.8 Å². The van der Waals surface area contributed by atoms with Gasteiger partial charge in [-0.25, -0.2) is 4.98 Å². The molecule has 1 saturated heterocycles. The van der Waals surface area contributed by atoms with Gasteiger partial charge in [0.05, 0.1) is 19.3 Å². The average Bonchev–Trinajstić information content (AvgIpc) is 3.51. The van der Waals surface area contributed by atoms with Crippen molar-refractivity contribution in [2.75, 3.05) is 20.2 Å². The molecule has 33 heavy (non-hydrogen) atoms. The third-order valence-electron chi connectivity index (χ3n) is 5.75. The molecule has 1 aliphatic heterocycles. The van der Waals surface area contributed by atoms with Gasteiger partial charge in [0.25, 0.3) is 0 Å². The summed E-state index contributed by atoms with van der Waals surface area (Å²) in [6, 6.07) is 18.5. The lowest BCUT2D eigenvalue weighted by atomic mass is 10.1. The van der Waals surface area contributed by atoms with E-state index in [1.165, 1.54) is 19.3 Å². The molecule has 0 saturated carbocycles. The monoisotopic (exact) mass is 477 g/mol. The molecule has 0 aliphatic carbocycles. The molecule has 3 heterocycles. The van der Waals surface area contributed by atoms with E-state index in [4.69, 9.17) is 9.72 Å². The Bertz CT molecular complexity index is 1180. The van der Waals surface area contributed by atoms with E-state index >= 15 is 0 Å². The molecule has 0 N–H and O–H groups in total. The van der Waals surface area contributed by atoms with E-state index in [1.807, 2.05) is 24.3 Å². The van der Waals surface area contributed by atoms with Gasteiger partial charge in [-0.15, -0.1) is 21.5 Å². The van der Waals surface area contributed by atoms with E-state index in [9.17, 15) is 0 Å². The van der Waals surface area contributed by atoms with E-state index in [0.29, 0.717) is 0 Å². The SMILES string of the molecule is COc1cccc(-c2nc(CSc3nnc(CN4CCCCC4)n3-c3ccccc3)cs2)c1. The van der Waals surface area contributed by atoms with Gasteiger partial charge in [0.2, 0.25) is 0 Å². The second-order valence-electron chi connectivity index (χ2n) is 8.07. The summed E-state index contributed by atoms with van der Waals surface area (Å²) in [7, 11) is 1.69. The summed E-state index contributed by atoms with van der Waals surface area (Å²) in [4.78, 5) is 7.34. The Kier molecular flexibility index (Phi) is 7.04. The first-order chi connectivity index (χ1) is 16.3. The minimum atomic E-state index is 0.745. The molecule has 4 aromatic rings. The average molecular weight is 478 g/mol. The number of para-hydroxylation sites is 1. The number of ether oxygens (including phenoxy) is 1. The number of hydrogen-bond acceptors (Lipinski definition) is 7. The van der Waals surface area contributed by atoms with Gasteiger partial charge in [-0.1, -0.05) is 48.5 Å². The number of rotatable bonds is 8. The largest absolute Gasteiger partial charge is 0.497 e. The minimum absolute atomic E-state index is 0.745. The number of benzene rings is 2. The first kappa shape index (κ1) is 22.1. The molecule has 6 nitrogen and oxygen atoms in total. The summed E-state index contributed by atoms with van der Waals surface area (Å²) >= 11 is 3.34. The number of nitrogens with zero attached hydrogens (tertiary/aromatic N) is 5. The number of hydrogen-bond donors (Lipinski definition) is 0. The molecule has 0 atom stereocenters. The van der Waals surface area contributed by atoms with Crippen molar-refractivity contribution in [1.82, 2.24) is 24.6 Å². The van der Waals surface area contributed by atoms with Crippen LogP contribution in [0.5, 0.6) is 5.75 Å². The van der Waals surface area contributed by atoms with Gasteiger partial charge in [-0.05, 0) is 50.2 Å². The topological polar surface area (TPSA) is 56.1 Å². The summed E-state index contributed by atoms with van der Waals surface area (Å²) in [6.45, 7) is 3.10. The van der Waals surface area contributed by atoms with Crippen LogP contribution in [0.4, 0.5) is 0 Å². The molecule has 1 aliphatic rings. The normalized spacial score (nSPS) is 14.5. The van der Waals surface area contributed by atoms with Crippen LogP contribution in [0.25, 0.3) is 16.3 Å². The Morgan fingerprint density at radius 2 is 1.85 bits per heavy atom. The van der Waals surface area contributed by atoms with Crippen molar-refractivity contribution in [3.8, 4) is 22.0 Å². The molecule has 0 amide bonds. The first-order valence-corrected chi connectivity index (χ1v) is 13.1. The molecule has 2 aromatic heterocycles.